The third-order valence-corrected chi connectivity index (χ3v) is 4.01. The van der Waals surface area contributed by atoms with Gasteiger partial charge in [-0.15, -0.1) is 0 Å². The molecule has 0 aromatic heterocycles. The van der Waals surface area contributed by atoms with E-state index in [-0.39, 0.29) is 10.6 Å². The van der Waals surface area contributed by atoms with E-state index < -0.39 is 7.80 Å². The summed E-state index contributed by atoms with van der Waals surface area (Å²) in [5.74, 6) is 0. The van der Waals surface area contributed by atoms with Gasteiger partial charge in [-0.25, -0.2) is 0 Å². The van der Waals surface area contributed by atoms with Gasteiger partial charge in [-0.05, 0) is 25.7 Å². The van der Waals surface area contributed by atoms with Crippen molar-refractivity contribution in [3.8, 4) is 0 Å². The summed E-state index contributed by atoms with van der Waals surface area (Å²) in [5, 5.41) is 0.00231. The van der Waals surface area contributed by atoms with Gasteiger partial charge >= 0.3 is 0 Å². The van der Waals surface area contributed by atoms with Gasteiger partial charge in [0.05, 0.1) is 7.80 Å². The second-order valence-electron chi connectivity index (χ2n) is 5.24. The summed E-state index contributed by atoms with van der Waals surface area (Å²) in [6, 6.07) is 0. The molecule has 0 N–H and O–H groups in total. The molecule has 0 rings (SSSR count). The molecule has 0 saturated carbocycles. The standard InChI is InChI=1S/C10H22OP/c1-7-12(11)10(5,6)8-9(2,3)4/h7-8H2,1-6H3. The molecule has 2 heteroatoms. The smallest absolute Gasteiger partial charge is 0.0773 e. The van der Waals surface area contributed by atoms with E-state index in [0.29, 0.717) is 0 Å². The van der Waals surface area contributed by atoms with Gasteiger partial charge in [0.15, 0.2) is 0 Å². The van der Waals surface area contributed by atoms with Crippen molar-refractivity contribution < 1.29 is 4.57 Å². The van der Waals surface area contributed by atoms with Crippen LogP contribution in [0.2, 0.25) is 0 Å². The minimum Gasteiger partial charge on any atom is -0.287 e. The molecule has 0 aliphatic carbocycles. The lowest BCUT2D eigenvalue weighted by Gasteiger charge is -2.30. The zero-order valence-electron chi connectivity index (χ0n) is 9.27. The average Bonchev–Trinajstić information content (AvgIpc) is 1.80. The highest BCUT2D eigenvalue weighted by molar-refractivity contribution is 7.46. The number of hydrogen-bond donors (Lipinski definition) is 0. The molecule has 0 spiro atoms. The van der Waals surface area contributed by atoms with Crippen molar-refractivity contribution in [1.29, 1.82) is 0 Å². The fourth-order valence-corrected chi connectivity index (χ4v) is 3.32. The molecule has 73 valence electrons. The summed E-state index contributed by atoms with van der Waals surface area (Å²) < 4.78 is 11.7. The van der Waals surface area contributed by atoms with Crippen molar-refractivity contribution in [2.24, 2.45) is 5.41 Å². The Labute approximate surface area is 77.7 Å². The first-order valence-electron chi connectivity index (χ1n) is 4.64. The lowest BCUT2D eigenvalue weighted by Crippen LogP contribution is -2.23. The first kappa shape index (κ1) is 12.1. The highest BCUT2D eigenvalue weighted by Crippen LogP contribution is 2.45. The zero-order chi connectivity index (χ0) is 9.99. The highest BCUT2D eigenvalue weighted by Gasteiger charge is 2.30. The third-order valence-electron chi connectivity index (χ3n) is 1.93. The molecule has 0 bridgehead atoms. The van der Waals surface area contributed by atoms with E-state index in [4.69, 9.17) is 0 Å². The molecule has 0 saturated heterocycles. The van der Waals surface area contributed by atoms with E-state index >= 15 is 0 Å². The van der Waals surface area contributed by atoms with Gasteiger partial charge in [0.1, 0.15) is 0 Å². The van der Waals surface area contributed by atoms with E-state index in [1.807, 2.05) is 6.92 Å². The molecule has 0 fully saturated rings. The van der Waals surface area contributed by atoms with Gasteiger partial charge in [-0.2, -0.15) is 0 Å². The van der Waals surface area contributed by atoms with Crippen LogP contribution in [0.4, 0.5) is 0 Å². The normalized spacial score (nSPS) is 14.7. The molecular formula is C10H22OP. The monoisotopic (exact) mass is 189 g/mol. The van der Waals surface area contributed by atoms with Crippen LogP contribution < -0.4 is 0 Å². The van der Waals surface area contributed by atoms with Gasteiger partial charge in [-0.1, -0.05) is 27.7 Å². The molecule has 0 amide bonds. The fourth-order valence-electron chi connectivity index (χ4n) is 1.81. The van der Waals surface area contributed by atoms with Crippen LogP contribution in [0.25, 0.3) is 0 Å². The summed E-state index contributed by atoms with van der Waals surface area (Å²) >= 11 is 0. The minimum atomic E-state index is -1.04. The molecule has 1 atom stereocenters. The Kier molecular flexibility index (Phi) is 3.90. The van der Waals surface area contributed by atoms with Gasteiger partial charge in [0.25, 0.3) is 0 Å². The maximum absolute atomic E-state index is 11.7. The summed E-state index contributed by atoms with van der Waals surface area (Å²) in [6.45, 7) is 12.8. The van der Waals surface area contributed by atoms with Crippen LogP contribution in [0.15, 0.2) is 0 Å². The van der Waals surface area contributed by atoms with E-state index in [0.717, 1.165) is 12.6 Å². The Hall–Kier alpha value is 0.100. The molecule has 12 heavy (non-hydrogen) atoms. The van der Waals surface area contributed by atoms with Gasteiger partial charge < -0.3 is 0 Å². The van der Waals surface area contributed by atoms with Crippen molar-refractivity contribution in [2.45, 2.75) is 53.1 Å². The SMILES string of the molecule is CC[P](=O)C(C)(C)CC(C)(C)C. The quantitative estimate of drug-likeness (QED) is 0.612. The molecule has 0 heterocycles. The van der Waals surface area contributed by atoms with Crippen LogP contribution in [0.5, 0.6) is 0 Å². The Balaban J connectivity index is 4.32. The molecule has 1 radical (unpaired) electrons. The van der Waals surface area contributed by atoms with Crippen LogP contribution in [-0.2, 0) is 4.57 Å². The number of rotatable bonds is 3. The summed E-state index contributed by atoms with van der Waals surface area (Å²) in [7, 11) is -1.04. The Morgan fingerprint density at radius 2 is 1.50 bits per heavy atom. The van der Waals surface area contributed by atoms with Crippen molar-refractivity contribution >= 4 is 7.80 Å². The minimum absolute atomic E-state index is 0.00231. The molecule has 0 aliphatic rings. The van der Waals surface area contributed by atoms with Crippen LogP contribution in [0.3, 0.4) is 0 Å². The van der Waals surface area contributed by atoms with Crippen molar-refractivity contribution in [1.82, 2.24) is 0 Å². The first-order chi connectivity index (χ1) is 5.19. The van der Waals surface area contributed by atoms with Gasteiger partial charge in [-0.3, -0.25) is 4.57 Å². The van der Waals surface area contributed by atoms with Gasteiger partial charge in [0, 0.05) is 11.3 Å². The second kappa shape index (κ2) is 3.87. The molecule has 1 unspecified atom stereocenters. The van der Waals surface area contributed by atoms with E-state index in [2.05, 4.69) is 34.6 Å². The first-order valence-corrected chi connectivity index (χ1v) is 6.08. The number of hydrogen-bond acceptors (Lipinski definition) is 1. The lowest BCUT2D eigenvalue weighted by atomic mass is 9.86. The van der Waals surface area contributed by atoms with Crippen LogP contribution >= 0.6 is 7.80 Å². The fraction of sp³-hybridized carbons (Fsp3) is 1.00. The topological polar surface area (TPSA) is 17.1 Å². The largest absolute Gasteiger partial charge is 0.287 e. The van der Waals surface area contributed by atoms with Crippen molar-refractivity contribution in [3.05, 3.63) is 0 Å². The predicted molar refractivity (Wildman–Crippen MR) is 56.3 cm³/mol. The molecule has 0 aromatic carbocycles. The molecule has 0 aliphatic heterocycles. The van der Waals surface area contributed by atoms with Crippen molar-refractivity contribution in [3.63, 3.8) is 0 Å². The van der Waals surface area contributed by atoms with E-state index in [1.54, 1.807) is 0 Å². The Bertz CT molecular complexity index is 165. The average molecular weight is 189 g/mol. The molecule has 0 aromatic rings. The zero-order valence-corrected chi connectivity index (χ0v) is 10.2. The maximum Gasteiger partial charge on any atom is 0.0773 e. The lowest BCUT2D eigenvalue weighted by molar-refractivity contribution is 0.331. The summed E-state index contributed by atoms with van der Waals surface area (Å²) in [5.41, 5.74) is 0.281. The summed E-state index contributed by atoms with van der Waals surface area (Å²) in [6.07, 6.45) is 1.83. The third kappa shape index (κ3) is 4.21. The molecular weight excluding hydrogens is 167 g/mol. The van der Waals surface area contributed by atoms with Gasteiger partial charge in [0.2, 0.25) is 0 Å². The second-order valence-corrected chi connectivity index (χ2v) is 7.84. The Morgan fingerprint density at radius 3 is 1.75 bits per heavy atom. The summed E-state index contributed by atoms with van der Waals surface area (Å²) in [4.78, 5) is 0. The predicted octanol–water partition coefficient (Wildman–Crippen LogP) is 4.05. The van der Waals surface area contributed by atoms with Crippen LogP contribution in [0, 0.1) is 5.41 Å². The maximum atomic E-state index is 11.7. The van der Waals surface area contributed by atoms with Crippen LogP contribution in [0.1, 0.15) is 48.0 Å². The highest BCUT2D eigenvalue weighted by atomic mass is 31.1. The van der Waals surface area contributed by atoms with E-state index in [1.165, 1.54) is 0 Å². The van der Waals surface area contributed by atoms with Crippen molar-refractivity contribution in [2.75, 3.05) is 6.16 Å². The van der Waals surface area contributed by atoms with Crippen LogP contribution in [-0.4, -0.2) is 11.3 Å². The van der Waals surface area contributed by atoms with E-state index in [9.17, 15) is 4.57 Å². The Morgan fingerprint density at radius 1 is 1.08 bits per heavy atom. The molecule has 1 nitrogen and oxygen atoms in total.